The molecule has 0 aliphatic carbocycles. The Morgan fingerprint density at radius 2 is 2.03 bits per heavy atom. The molecule has 0 saturated carbocycles. The van der Waals surface area contributed by atoms with Crippen molar-refractivity contribution in [3.05, 3.63) is 51.2 Å². The lowest BCUT2D eigenvalue weighted by atomic mass is 10.3. The summed E-state index contributed by atoms with van der Waals surface area (Å²) in [6.07, 6.45) is 1.43. The standard InChI is InChI=1S/C21H24ClN5O3S.ClH/c1-14-15(2)23-13-26(20(14)29)12-19(28)27(6-5-25-7-9-30-10-8-25)21-24-17-4-3-16(22)11-18(17)31-21;/h3-4,11,13H,5-10,12H2,1-2H3;1H. The smallest absolute Gasteiger partial charge is 0.256 e. The van der Waals surface area contributed by atoms with Crippen LogP contribution in [0, 0.1) is 13.8 Å². The third kappa shape index (κ3) is 5.47. The molecule has 172 valence electrons. The maximum absolute atomic E-state index is 13.3. The fraction of sp³-hybridized carbons (Fsp3) is 0.429. The van der Waals surface area contributed by atoms with Crippen molar-refractivity contribution in [2.24, 2.45) is 0 Å². The number of aromatic nitrogens is 3. The Morgan fingerprint density at radius 1 is 1.28 bits per heavy atom. The highest BCUT2D eigenvalue weighted by molar-refractivity contribution is 7.22. The van der Waals surface area contributed by atoms with Crippen molar-refractivity contribution >= 4 is 56.6 Å². The second-order valence-electron chi connectivity index (χ2n) is 7.50. The second kappa shape index (κ2) is 10.7. The molecule has 1 amide bonds. The molecule has 0 radical (unpaired) electrons. The first-order chi connectivity index (χ1) is 14.9. The van der Waals surface area contributed by atoms with Crippen LogP contribution >= 0.6 is 35.3 Å². The molecule has 11 heteroatoms. The van der Waals surface area contributed by atoms with Gasteiger partial charge in [-0.1, -0.05) is 22.9 Å². The molecule has 32 heavy (non-hydrogen) atoms. The van der Waals surface area contributed by atoms with Crippen LogP contribution in [-0.4, -0.2) is 64.7 Å². The second-order valence-corrected chi connectivity index (χ2v) is 8.94. The number of morpholine rings is 1. The number of nitrogens with zero attached hydrogens (tertiary/aromatic N) is 5. The van der Waals surface area contributed by atoms with E-state index in [1.165, 1.54) is 22.2 Å². The fourth-order valence-corrected chi connectivity index (χ4v) is 4.70. The predicted octanol–water partition coefficient (Wildman–Crippen LogP) is 2.91. The summed E-state index contributed by atoms with van der Waals surface area (Å²) in [6.45, 7) is 7.63. The van der Waals surface area contributed by atoms with Gasteiger partial charge in [-0.05, 0) is 32.0 Å². The number of carbonyl (C=O) groups excluding carboxylic acids is 1. The molecule has 1 aliphatic heterocycles. The van der Waals surface area contributed by atoms with Crippen LogP contribution < -0.4 is 10.5 Å². The molecule has 0 unspecified atom stereocenters. The lowest BCUT2D eigenvalue weighted by Gasteiger charge is -2.29. The zero-order valence-corrected chi connectivity index (χ0v) is 20.3. The highest BCUT2D eigenvalue weighted by atomic mass is 35.5. The van der Waals surface area contributed by atoms with Crippen molar-refractivity contribution in [1.29, 1.82) is 0 Å². The van der Waals surface area contributed by atoms with Gasteiger partial charge >= 0.3 is 0 Å². The van der Waals surface area contributed by atoms with E-state index in [4.69, 9.17) is 16.3 Å². The van der Waals surface area contributed by atoms with Crippen LogP contribution in [0.25, 0.3) is 10.2 Å². The van der Waals surface area contributed by atoms with E-state index < -0.39 is 0 Å². The summed E-state index contributed by atoms with van der Waals surface area (Å²) in [6, 6.07) is 5.48. The van der Waals surface area contributed by atoms with Crippen molar-refractivity contribution < 1.29 is 9.53 Å². The molecule has 1 aromatic carbocycles. The predicted molar refractivity (Wildman–Crippen MR) is 129 cm³/mol. The van der Waals surface area contributed by atoms with Gasteiger partial charge in [0, 0.05) is 42.5 Å². The van der Waals surface area contributed by atoms with Gasteiger partial charge in [0.05, 0.1) is 29.8 Å². The van der Waals surface area contributed by atoms with Crippen molar-refractivity contribution in [1.82, 2.24) is 19.4 Å². The van der Waals surface area contributed by atoms with Gasteiger partial charge < -0.3 is 4.74 Å². The summed E-state index contributed by atoms with van der Waals surface area (Å²) in [4.78, 5) is 38.7. The van der Waals surface area contributed by atoms with E-state index in [0.29, 0.717) is 47.7 Å². The Morgan fingerprint density at radius 3 is 2.78 bits per heavy atom. The van der Waals surface area contributed by atoms with Crippen LogP contribution in [0.15, 0.2) is 29.3 Å². The molecule has 0 atom stereocenters. The molecule has 0 spiro atoms. The van der Waals surface area contributed by atoms with Crippen LogP contribution in [0.3, 0.4) is 0 Å². The average molecular weight is 498 g/mol. The molecule has 3 aromatic rings. The fourth-order valence-electron chi connectivity index (χ4n) is 3.41. The molecular weight excluding hydrogens is 473 g/mol. The zero-order chi connectivity index (χ0) is 22.0. The molecule has 0 bridgehead atoms. The summed E-state index contributed by atoms with van der Waals surface area (Å²) >= 11 is 7.54. The molecule has 4 rings (SSSR count). The maximum atomic E-state index is 13.3. The van der Waals surface area contributed by atoms with E-state index in [0.717, 1.165) is 23.3 Å². The van der Waals surface area contributed by atoms with Gasteiger partial charge in [-0.25, -0.2) is 9.97 Å². The lowest BCUT2D eigenvalue weighted by molar-refractivity contribution is -0.119. The third-order valence-electron chi connectivity index (χ3n) is 5.44. The SMILES string of the molecule is Cc1ncn(CC(=O)N(CCN2CCOCC2)c2nc3ccc(Cl)cc3s2)c(=O)c1C.Cl. The highest BCUT2D eigenvalue weighted by Gasteiger charge is 2.22. The van der Waals surface area contributed by atoms with Crippen LogP contribution in [0.4, 0.5) is 5.13 Å². The number of hydrogen-bond acceptors (Lipinski definition) is 7. The Kier molecular flexibility index (Phi) is 8.24. The number of benzene rings is 1. The quantitative estimate of drug-likeness (QED) is 0.520. The Balaban J connectivity index is 0.00000289. The number of rotatable bonds is 6. The lowest BCUT2D eigenvalue weighted by Crippen LogP contribution is -2.44. The topological polar surface area (TPSA) is 80.6 Å². The Hall–Kier alpha value is -2.04. The third-order valence-corrected chi connectivity index (χ3v) is 6.71. The first kappa shape index (κ1) is 24.6. The summed E-state index contributed by atoms with van der Waals surface area (Å²) in [5.41, 5.74) is 1.80. The van der Waals surface area contributed by atoms with Gasteiger partial charge in [0.1, 0.15) is 6.54 Å². The van der Waals surface area contributed by atoms with Crippen LogP contribution in [0.2, 0.25) is 5.02 Å². The number of thiazole rings is 1. The minimum atomic E-state index is -0.204. The Labute approximate surface area is 201 Å². The van der Waals surface area contributed by atoms with Crippen molar-refractivity contribution in [3.63, 3.8) is 0 Å². The minimum absolute atomic E-state index is 0. The Bertz CT molecular complexity index is 1160. The van der Waals surface area contributed by atoms with Gasteiger partial charge in [-0.15, -0.1) is 12.4 Å². The summed E-state index contributed by atoms with van der Waals surface area (Å²) in [5.74, 6) is -0.203. The summed E-state index contributed by atoms with van der Waals surface area (Å²) < 4.78 is 7.68. The van der Waals surface area contributed by atoms with Gasteiger partial charge in [0.2, 0.25) is 5.91 Å². The van der Waals surface area contributed by atoms with Crippen molar-refractivity contribution in [3.8, 4) is 0 Å². The first-order valence-corrected chi connectivity index (χ1v) is 11.3. The van der Waals surface area contributed by atoms with E-state index in [1.807, 2.05) is 12.1 Å². The number of anilines is 1. The van der Waals surface area contributed by atoms with E-state index in [2.05, 4.69) is 14.9 Å². The molecule has 2 aromatic heterocycles. The molecule has 3 heterocycles. The minimum Gasteiger partial charge on any atom is -0.379 e. The summed E-state index contributed by atoms with van der Waals surface area (Å²) in [7, 11) is 0. The number of hydrogen-bond donors (Lipinski definition) is 0. The molecule has 0 N–H and O–H groups in total. The summed E-state index contributed by atoms with van der Waals surface area (Å²) in [5, 5.41) is 1.22. The van der Waals surface area contributed by atoms with E-state index in [9.17, 15) is 9.59 Å². The van der Waals surface area contributed by atoms with Gasteiger partial charge in [0.25, 0.3) is 5.56 Å². The van der Waals surface area contributed by atoms with E-state index in [1.54, 1.807) is 24.8 Å². The number of halogens is 2. The van der Waals surface area contributed by atoms with Gasteiger partial charge in [-0.2, -0.15) is 0 Å². The molecule has 1 aliphatic rings. The molecule has 1 saturated heterocycles. The number of aryl methyl sites for hydroxylation is 1. The van der Waals surface area contributed by atoms with Gasteiger partial charge in [0.15, 0.2) is 5.13 Å². The molecular formula is C21H25Cl2N5O3S. The normalized spacial score (nSPS) is 14.3. The van der Waals surface area contributed by atoms with Crippen molar-refractivity contribution in [2.45, 2.75) is 20.4 Å². The first-order valence-electron chi connectivity index (χ1n) is 10.1. The van der Waals surface area contributed by atoms with Gasteiger partial charge in [-0.3, -0.25) is 24.0 Å². The van der Waals surface area contributed by atoms with E-state index in [-0.39, 0.29) is 30.4 Å². The number of fused-ring (bicyclic) bond motifs is 1. The van der Waals surface area contributed by atoms with Crippen molar-refractivity contribution in [2.75, 3.05) is 44.3 Å². The van der Waals surface area contributed by atoms with Crippen LogP contribution in [0.1, 0.15) is 11.3 Å². The number of carbonyl (C=O) groups is 1. The van der Waals surface area contributed by atoms with E-state index >= 15 is 0 Å². The van der Waals surface area contributed by atoms with Crippen LogP contribution in [-0.2, 0) is 16.1 Å². The monoisotopic (exact) mass is 497 g/mol. The van der Waals surface area contributed by atoms with Crippen LogP contribution in [0.5, 0.6) is 0 Å². The average Bonchev–Trinajstić information content (AvgIpc) is 3.17. The zero-order valence-electron chi connectivity index (χ0n) is 17.9. The molecule has 1 fully saturated rings. The molecule has 8 nitrogen and oxygen atoms in total. The number of amides is 1. The maximum Gasteiger partial charge on any atom is 0.256 e. The highest BCUT2D eigenvalue weighted by Crippen LogP contribution is 2.31. The largest absolute Gasteiger partial charge is 0.379 e. The number of ether oxygens (including phenoxy) is 1.